The topological polar surface area (TPSA) is 254 Å². The van der Waals surface area contributed by atoms with Gasteiger partial charge in [0, 0.05) is 23.7 Å². The second-order valence-corrected chi connectivity index (χ2v) is 18.5. The molecule has 14 atom stereocenters. The number of phenols is 1. The molecule has 4 fully saturated rings. The quantitative estimate of drug-likeness (QED) is 0.174. The van der Waals surface area contributed by atoms with Gasteiger partial charge in [-0.15, -0.1) is 0 Å². The van der Waals surface area contributed by atoms with E-state index in [1.807, 2.05) is 18.2 Å². The molecule has 2 unspecified atom stereocenters. The summed E-state index contributed by atoms with van der Waals surface area (Å²) >= 11 is 0. The number of aromatic hydroxyl groups is 1. The summed E-state index contributed by atoms with van der Waals surface area (Å²) in [5.74, 6) is -0.0354. The third-order valence-corrected chi connectivity index (χ3v) is 14.9. The summed E-state index contributed by atoms with van der Waals surface area (Å²) in [4.78, 5) is 26.1. The summed E-state index contributed by atoms with van der Waals surface area (Å²) in [6, 6.07) is 14.2. The largest absolute Gasteiger partial charge is 0.502 e. The van der Waals surface area contributed by atoms with Crippen molar-refractivity contribution in [3.63, 3.8) is 0 Å². The van der Waals surface area contributed by atoms with Crippen molar-refractivity contribution in [2.24, 2.45) is 23.7 Å². The number of fused-ring (bicyclic) bond motifs is 7. The molecule has 21 nitrogen and oxygen atoms in total. The van der Waals surface area contributed by atoms with Crippen molar-refractivity contribution in [2.75, 3.05) is 69.0 Å². The Morgan fingerprint density at radius 3 is 1.57 bits per heavy atom. The van der Waals surface area contributed by atoms with Gasteiger partial charge < -0.3 is 91.5 Å². The van der Waals surface area contributed by atoms with Crippen LogP contribution in [0.15, 0.2) is 48.5 Å². The number of phenolic OH excluding ortho intramolecular Hbond substituents is 1. The van der Waals surface area contributed by atoms with Crippen molar-refractivity contribution in [1.29, 1.82) is 0 Å². The number of esters is 2. The van der Waals surface area contributed by atoms with Crippen LogP contribution in [0.25, 0.3) is 0 Å². The van der Waals surface area contributed by atoms with Crippen molar-refractivity contribution >= 4 is 11.9 Å². The SMILES string of the molecule is COc1cc([C@@H]2c3cc4c(cc3C(O[C@@H]3O[C@@H]5CO[C@@H](C)O[C@H]5[C@H](O)[C@H]3O)C3COC(=O)[C@@H]32)OCO4)cc(OC)c1O.COc1cc([C@@H]2c3cc4c(cc3[C@H](O)[C@H]3COC(=O)[C@H]23)OCO4)cc(OC)c1OC. The van der Waals surface area contributed by atoms with Crippen LogP contribution in [0.5, 0.6) is 57.5 Å². The van der Waals surface area contributed by atoms with Crippen LogP contribution in [0, 0.1) is 23.7 Å². The highest BCUT2D eigenvalue weighted by atomic mass is 16.8. The molecule has 6 heterocycles. The Morgan fingerprint density at radius 1 is 0.542 bits per heavy atom. The molecule has 72 heavy (non-hydrogen) atoms. The van der Waals surface area contributed by atoms with Crippen molar-refractivity contribution in [3.8, 4) is 57.5 Å². The minimum absolute atomic E-state index is 0.0301. The van der Waals surface area contributed by atoms with Gasteiger partial charge in [0.1, 0.15) is 24.4 Å². The summed E-state index contributed by atoms with van der Waals surface area (Å²) in [5.41, 5.74) is 4.31. The molecule has 21 heteroatoms. The Labute approximate surface area is 412 Å². The Morgan fingerprint density at radius 2 is 1.03 bits per heavy atom. The summed E-state index contributed by atoms with van der Waals surface area (Å²) in [5, 5.41) is 43.5. The average molecular weight is 1000 g/mol. The molecule has 0 saturated carbocycles. The fourth-order valence-corrected chi connectivity index (χ4v) is 11.6. The summed E-state index contributed by atoms with van der Waals surface area (Å²) in [6.45, 7) is 2.22. The maximum absolute atomic E-state index is 13.4. The lowest BCUT2D eigenvalue weighted by Crippen LogP contribution is -2.63. The van der Waals surface area contributed by atoms with Crippen molar-refractivity contribution in [3.05, 3.63) is 81.9 Å². The number of hydrogen-bond acceptors (Lipinski definition) is 21. The maximum atomic E-state index is 13.4. The van der Waals surface area contributed by atoms with E-state index in [9.17, 15) is 30.0 Å². The minimum atomic E-state index is -1.44. The fraction of sp³-hybridized carbons (Fsp3) is 0.490. The lowest BCUT2D eigenvalue weighted by Gasteiger charge is -2.47. The number of carbonyl (C=O) groups is 2. The number of methoxy groups -OCH3 is 5. The molecule has 2 aliphatic carbocycles. The van der Waals surface area contributed by atoms with Crippen LogP contribution in [0.2, 0.25) is 0 Å². The molecular formula is C51H54O21. The van der Waals surface area contributed by atoms with Gasteiger partial charge in [0.15, 0.2) is 58.6 Å². The van der Waals surface area contributed by atoms with Crippen molar-refractivity contribution in [1.82, 2.24) is 0 Å². The molecule has 384 valence electrons. The zero-order valence-corrected chi connectivity index (χ0v) is 40.0. The van der Waals surface area contributed by atoms with Gasteiger partial charge in [-0.3, -0.25) is 9.59 Å². The predicted octanol–water partition coefficient (Wildman–Crippen LogP) is 3.75. The first-order valence-electron chi connectivity index (χ1n) is 23.4. The van der Waals surface area contributed by atoms with Crippen molar-refractivity contribution in [2.45, 2.75) is 68.0 Å². The van der Waals surface area contributed by atoms with Crippen LogP contribution >= 0.6 is 0 Å². The number of carbonyl (C=O) groups excluding carboxylic acids is 2. The molecule has 12 rings (SSSR count). The van der Waals surface area contributed by atoms with Gasteiger partial charge >= 0.3 is 11.9 Å². The third kappa shape index (κ3) is 7.80. The lowest BCUT2D eigenvalue weighted by atomic mass is 9.66. The first kappa shape index (κ1) is 47.8. The van der Waals surface area contributed by atoms with Crippen LogP contribution < -0.4 is 42.6 Å². The molecule has 4 N–H and O–H groups in total. The van der Waals surface area contributed by atoms with Crippen molar-refractivity contribution < 1.29 is 101 Å². The second-order valence-electron chi connectivity index (χ2n) is 18.5. The van der Waals surface area contributed by atoms with E-state index in [2.05, 4.69) is 0 Å². The van der Waals surface area contributed by atoms with Gasteiger partial charge in [-0.2, -0.15) is 0 Å². The van der Waals surface area contributed by atoms with E-state index >= 15 is 0 Å². The molecule has 0 spiro atoms. The lowest BCUT2D eigenvalue weighted by molar-refractivity contribution is -0.364. The van der Waals surface area contributed by atoms with Crippen LogP contribution in [0.4, 0.5) is 0 Å². The molecule has 4 aromatic carbocycles. The van der Waals surface area contributed by atoms with Gasteiger partial charge in [-0.1, -0.05) is 0 Å². The predicted molar refractivity (Wildman–Crippen MR) is 242 cm³/mol. The van der Waals surface area contributed by atoms with Crippen LogP contribution in [-0.2, 0) is 38.0 Å². The smallest absolute Gasteiger partial charge is 0.310 e. The molecule has 6 aliphatic heterocycles. The first-order valence-corrected chi connectivity index (χ1v) is 23.4. The van der Waals surface area contributed by atoms with E-state index in [4.69, 9.17) is 71.1 Å². The van der Waals surface area contributed by atoms with E-state index < -0.39 is 78.8 Å². The van der Waals surface area contributed by atoms with E-state index in [0.29, 0.717) is 62.5 Å². The van der Waals surface area contributed by atoms with Gasteiger partial charge in [-0.25, -0.2) is 0 Å². The second kappa shape index (κ2) is 18.9. The molecular weight excluding hydrogens is 949 g/mol. The van der Waals surface area contributed by atoms with E-state index in [0.717, 1.165) is 11.1 Å². The van der Waals surface area contributed by atoms with Gasteiger partial charge in [0.2, 0.25) is 25.1 Å². The highest BCUT2D eigenvalue weighted by Gasteiger charge is 2.57. The maximum Gasteiger partial charge on any atom is 0.310 e. The molecule has 0 amide bonds. The number of rotatable bonds is 9. The molecule has 0 bridgehead atoms. The minimum Gasteiger partial charge on any atom is -0.502 e. The highest BCUT2D eigenvalue weighted by Crippen LogP contribution is 2.58. The van der Waals surface area contributed by atoms with Crippen LogP contribution in [0.3, 0.4) is 0 Å². The Kier molecular flexibility index (Phi) is 12.5. The number of cyclic esters (lactones) is 2. The van der Waals surface area contributed by atoms with Crippen LogP contribution in [-0.4, -0.2) is 138 Å². The van der Waals surface area contributed by atoms with Gasteiger partial charge in [0.05, 0.1) is 79.4 Å². The molecule has 4 saturated heterocycles. The van der Waals surface area contributed by atoms with E-state index in [1.165, 1.54) is 21.3 Å². The third-order valence-electron chi connectivity index (χ3n) is 14.9. The summed E-state index contributed by atoms with van der Waals surface area (Å²) in [6.07, 6.45) is -7.64. The molecule has 4 aromatic rings. The number of ether oxygens (including phenoxy) is 15. The number of aliphatic hydroxyl groups excluding tert-OH is 3. The van der Waals surface area contributed by atoms with Gasteiger partial charge in [0.25, 0.3) is 0 Å². The monoisotopic (exact) mass is 1000 g/mol. The zero-order chi connectivity index (χ0) is 50.3. The first-order chi connectivity index (χ1) is 34.8. The number of aliphatic hydroxyl groups is 3. The molecule has 8 aliphatic rings. The Bertz CT molecular complexity index is 2710. The summed E-state index contributed by atoms with van der Waals surface area (Å²) in [7, 11) is 7.49. The highest BCUT2D eigenvalue weighted by molar-refractivity contribution is 5.80. The average Bonchev–Trinajstić information content (AvgIpc) is 4.22. The number of benzene rings is 4. The zero-order valence-electron chi connectivity index (χ0n) is 40.0. The fourth-order valence-electron chi connectivity index (χ4n) is 11.6. The normalized spacial score (nSPS) is 32.1. The summed E-state index contributed by atoms with van der Waals surface area (Å²) < 4.78 is 84.4. The number of hydrogen-bond donors (Lipinski definition) is 4. The van der Waals surface area contributed by atoms with E-state index in [-0.39, 0.29) is 68.5 Å². The molecule has 0 radical (unpaired) electrons. The Balaban J connectivity index is 0.000000165. The molecule has 0 aromatic heterocycles. The Hall–Kier alpha value is -6.46. The van der Waals surface area contributed by atoms with E-state index in [1.54, 1.807) is 51.5 Å². The van der Waals surface area contributed by atoms with Gasteiger partial charge in [-0.05, 0) is 88.8 Å². The standard InChI is InChI=1S/C29H32O13.C22H22O8/c1-11-36-9-20-27(40-11)24(31)25(32)29(41-20)42-26-14-7-17-16(38-10-39-17)6-13(14)21(22-15(26)8-37-28(22)33)12-4-18(34-2)23(30)19(5-12)35-3;1-25-16-4-10(5-17(26-2)21(16)27-3)18-11-6-14-15(30-9-29-14)7-12(11)20(23)13-8-28-22(24)19(13)18/h4-7,11,15,20-22,24-27,29-32H,8-10H2,1-3H3;4-7,13,18-20,23H,8-9H2,1-3H3/t11-,15?,20-,21-,22+,24-,25-,26?,27-,29+;13-,18+,19-,20-/m10/s1. The van der Waals surface area contributed by atoms with Crippen LogP contribution in [0.1, 0.15) is 64.3 Å².